The number of pyridine rings is 1. The fourth-order valence-corrected chi connectivity index (χ4v) is 1.59. The van der Waals surface area contributed by atoms with Crippen LogP contribution in [0, 0.1) is 0 Å². The van der Waals surface area contributed by atoms with Crippen molar-refractivity contribution in [1.82, 2.24) is 4.98 Å². The molecule has 0 saturated carbocycles. The third-order valence-corrected chi connectivity index (χ3v) is 2.29. The highest BCUT2D eigenvalue weighted by atomic mass is 127. The molecule has 1 heterocycles. The standard InChI is InChI=1S/C5H4BrIN2S.C2H6/c6-4-1-2-5(8-3-4)9-10-7;1-2/h1-3H,(H,8,9);1-2H3. The molecule has 5 heteroatoms. The first-order valence-corrected chi connectivity index (χ1v) is 7.63. The van der Waals surface area contributed by atoms with Crippen LogP contribution in [0.1, 0.15) is 13.8 Å². The zero-order valence-electron chi connectivity index (χ0n) is 6.84. The Morgan fingerprint density at radius 2 is 2.17 bits per heavy atom. The van der Waals surface area contributed by atoms with Crippen LogP contribution < -0.4 is 4.72 Å². The van der Waals surface area contributed by atoms with Crippen LogP contribution in [-0.2, 0) is 0 Å². The Hall–Kier alpha value is 0.510. The number of hydrogen-bond donors (Lipinski definition) is 1. The summed E-state index contributed by atoms with van der Waals surface area (Å²) in [5.41, 5.74) is 0. The first-order chi connectivity index (χ1) is 5.83. The number of nitrogens with zero attached hydrogens (tertiary/aromatic N) is 1. The van der Waals surface area contributed by atoms with Crippen LogP contribution >= 0.6 is 46.3 Å². The Balaban J connectivity index is 0.000000561. The minimum absolute atomic E-state index is 0.877. The smallest absolute Gasteiger partial charge is 0.136 e. The lowest BCUT2D eigenvalue weighted by atomic mass is 10.5. The van der Waals surface area contributed by atoms with Gasteiger partial charge in [0.05, 0.1) is 0 Å². The van der Waals surface area contributed by atoms with E-state index in [-0.39, 0.29) is 0 Å². The van der Waals surface area contributed by atoms with Crippen molar-refractivity contribution in [1.29, 1.82) is 0 Å². The highest BCUT2D eigenvalue weighted by Gasteiger charge is 1.89. The molecule has 1 aromatic heterocycles. The number of hydrogen-bond acceptors (Lipinski definition) is 3. The topological polar surface area (TPSA) is 24.9 Å². The van der Waals surface area contributed by atoms with Gasteiger partial charge in [-0.2, -0.15) is 0 Å². The van der Waals surface area contributed by atoms with E-state index in [9.17, 15) is 0 Å². The molecule has 0 saturated heterocycles. The highest BCUT2D eigenvalue weighted by Crippen LogP contribution is 2.16. The Labute approximate surface area is 97.8 Å². The van der Waals surface area contributed by atoms with Crippen molar-refractivity contribution in [2.24, 2.45) is 0 Å². The quantitative estimate of drug-likeness (QED) is 0.629. The molecule has 0 aliphatic heterocycles. The largest absolute Gasteiger partial charge is 0.306 e. The molecular weight excluding hydrogens is 351 g/mol. The molecule has 0 unspecified atom stereocenters. The van der Waals surface area contributed by atoms with Crippen LogP contribution in [0.4, 0.5) is 5.82 Å². The first kappa shape index (κ1) is 12.5. The van der Waals surface area contributed by atoms with Crippen molar-refractivity contribution in [2.45, 2.75) is 13.8 Å². The number of halogens is 2. The van der Waals surface area contributed by atoms with Gasteiger partial charge >= 0.3 is 0 Å². The van der Waals surface area contributed by atoms with Crippen molar-refractivity contribution in [2.75, 3.05) is 4.72 Å². The van der Waals surface area contributed by atoms with Crippen LogP contribution in [0.15, 0.2) is 22.8 Å². The van der Waals surface area contributed by atoms with E-state index >= 15 is 0 Å². The summed E-state index contributed by atoms with van der Waals surface area (Å²) in [6.07, 6.45) is 1.76. The van der Waals surface area contributed by atoms with Crippen molar-refractivity contribution < 1.29 is 0 Å². The third kappa shape index (κ3) is 5.21. The number of nitrogens with one attached hydrogen (secondary N) is 1. The SMILES string of the molecule is Brc1ccc(NSI)nc1.CC. The second-order valence-electron chi connectivity index (χ2n) is 1.54. The molecule has 0 aliphatic rings. The molecule has 0 aliphatic carbocycles. The Bertz CT molecular complexity index is 205. The van der Waals surface area contributed by atoms with Gasteiger partial charge in [0.15, 0.2) is 0 Å². The van der Waals surface area contributed by atoms with Crippen LogP contribution in [-0.4, -0.2) is 4.98 Å². The van der Waals surface area contributed by atoms with E-state index in [1.54, 1.807) is 6.20 Å². The summed E-state index contributed by atoms with van der Waals surface area (Å²) >= 11 is 5.45. The molecular formula is C7H10BrIN2S. The van der Waals surface area contributed by atoms with Crippen LogP contribution in [0.2, 0.25) is 0 Å². The van der Waals surface area contributed by atoms with Gasteiger partial charge in [-0.15, -0.1) is 0 Å². The van der Waals surface area contributed by atoms with Gasteiger partial charge in [-0.3, -0.25) is 0 Å². The minimum atomic E-state index is 0.877. The van der Waals surface area contributed by atoms with Crippen molar-refractivity contribution >= 4 is 52.1 Å². The van der Waals surface area contributed by atoms with E-state index in [2.05, 4.69) is 46.8 Å². The summed E-state index contributed by atoms with van der Waals surface area (Å²) in [6, 6.07) is 3.86. The summed E-state index contributed by atoms with van der Waals surface area (Å²) in [5, 5.41) is 0. The maximum Gasteiger partial charge on any atom is 0.136 e. The fourth-order valence-electron chi connectivity index (χ4n) is 0.476. The molecule has 0 atom stereocenters. The van der Waals surface area contributed by atoms with Gasteiger partial charge in [-0.25, -0.2) is 4.98 Å². The Morgan fingerprint density at radius 1 is 1.50 bits per heavy atom. The molecule has 1 rings (SSSR count). The molecule has 0 radical (unpaired) electrons. The van der Waals surface area contributed by atoms with E-state index in [1.807, 2.05) is 26.0 Å². The van der Waals surface area contributed by atoms with Crippen LogP contribution in [0.25, 0.3) is 0 Å². The summed E-state index contributed by atoms with van der Waals surface area (Å²) < 4.78 is 4.00. The molecule has 1 N–H and O–H groups in total. The molecule has 2 nitrogen and oxygen atoms in total. The predicted molar refractivity (Wildman–Crippen MR) is 68.5 cm³/mol. The number of aromatic nitrogens is 1. The van der Waals surface area contributed by atoms with Crippen molar-refractivity contribution in [3.8, 4) is 0 Å². The molecule has 0 aromatic carbocycles. The van der Waals surface area contributed by atoms with Crippen molar-refractivity contribution in [3.05, 3.63) is 22.8 Å². The number of anilines is 1. The second-order valence-corrected chi connectivity index (χ2v) is 4.14. The average molecular weight is 361 g/mol. The first-order valence-electron chi connectivity index (χ1n) is 3.48. The molecule has 68 valence electrons. The monoisotopic (exact) mass is 360 g/mol. The van der Waals surface area contributed by atoms with Gasteiger partial charge in [-0.05, 0) is 28.1 Å². The normalized spacial score (nSPS) is 8.33. The van der Waals surface area contributed by atoms with Crippen LogP contribution in [0.5, 0.6) is 0 Å². The zero-order valence-corrected chi connectivity index (χ0v) is 11.4. The maximum atomic E-state index is 4.08. The Morgan fingerprint density at radius 3 is 2.58 bits per heavy atom. The lowest BCUT2D eigenvalue weighted by Crippen LogP contribution is -1.84. The molecule has 1 aromatic rings. The molecule has 12 heavy (non-hydrogen) atoms. The van der Waals surface area contributed by atoms with Gasteiger partial charge < -0.3 is 4.72 Å². The minimum Gasteiger partial charge on any atom is -0.306 e. The lowest BCUT2D eigenvalue weighted by molar-refractivity contribution is 1.32. The predicted octanol–water partition coefficient (Wildman–Crippen LogP) is 4.28. The maximum absolute atomic E-state index is 4.08. The zero-order chi connectivity index (χ0) is 9.40. The molecule has 0 bridgehead atoms. The van der Waals surface area contributed by atoms with E-state index in [4.69, 9.17) is 0 Å². The number of rotatable bonds is 2. The molecule has 0 fully saturated rings. The molecule has 0 spiro atoms. The van der Waals surface area contributed by atoms with Gasteiger partial charge in [0, 0.05) is 41.0 Å². The van der Waals surface area contributed by atoms with E-state index in [0.717, 1.165) is 10.3 Å². The van der Waals surface area contributed by atoms with Gasteiger partial charge in [0.25, 0.3) is 0 Å². The van der Waals surface area contributed by atoms with Crippen LogP contribution in [0.3, 0.4) is 0 Å². The summed E-state index contributed by atoms with van der Waals surface area (Å²) in [7, 11) is 1.50. The van der Waals surface area contributed by atoms with Gasteiger partial charge in [0.1, 0.15) is 5.82 Å². The van der Waals surface area contributed by atoms with Crippen molar-refractivity contribution in [3.63, 3.8) is 0 Å². The van der Waals surface area contributed by atoms with Gasteiger partial charge in [0.2, 0.25) is 0 Å². The third-order valence-electron chi connectivity index (χ3n) is 0.871. The Kier molecular flexibility index (Phi) is 8.47. The average Bonchev–Trinajstić information content (AvgIpc) is 2.13. The second kappa shape index (κ2) is 8.12. The summed E-state index contributed by atoms with van der Waals surface area (Å²) in [6.45, 7) is 4.00. The van der Waals surface area contributed by atoms with Gasteiger partial charge in [-0.1, -0.05) is 13.8 Å². The lowest BCUT2D eigenvalue weighted by Gasteiger charge is -1.97. The molecule has 0 amide bonds. The van der Waals surface area contributed by atoms with E-state index < -0.39 is 0 Å². The fraction of sp³-hybridized carbons (Fsp3) is 0.286. The van der Waals surface area contributed by atoms with E-state index in [1.165, 1.54) is 9.12 Å². The summed E-state index contributed by atoms with van der Waals surface area (Å²) in [4.78, 5) is 4.08. The highest BCUT2D eigenvalue weighted by molar-refractivity contribution is 14.2. The van der Waals surface area contributed by atoms with E-state index in [0.29, 0.717) is 0 Å². The summed E-state index contributed by atoms with van der Waals surface area (Å²) in [5.74, 6) is 0.877.